The van der Waals surface area contributed by atoms with E-state index < -0.39 is 0 Å². The van der Waals surface area contributed by atoms with Gasteiger partial charge in [-0.3, -0.25) is 0 Å². The Labute approximate surface area is 108 Å². The van der Waals surface area contributed by atoms with E-state index in [2.05, 4.69) is 30.4 Å². The highest BCUT2D eigenvalue weighted by molar-refractivity contribution is 5.85. The molecular weight excluding hydrogens is 234 g/mol. The summed E-state index contributed by atoms with van der Waals surface area (Å²) < 4.78 is 5.94. The second-order valence-corrected chi connectivity index (χ2v) is 4.44. The SMILES string of the molecule is CCc1cc2ccc3c(c2o1)CCNCC3.Cl. The minimum absolute atomic E-state index is 0. The summed E-state index contributed by atoms with van der Waals surface area (Å²) in [6.07, 6.45) is 3.18. The van der Waals surface area contributed by atoms with Gasteiger partial charge < -0.3 is 9.73 Å². The molecule has 1 aromatic carbocycles. The van der Waals surface area contributed by atoms with Crippen LogP contribution in [0.2, 0.25) is 0 Å². The second-order valence-electron chi connectivity index (χ2n) is 4.44. The molecule has 2 nitrogen and oxygen atoms in total. The van der Waals surface area contributed by atoms with Crippen molar-refractivity contribution in [1.29, 1.82) is 0 Å². The van der Waals surface area contributed by atoms with Crippen LogP contribution in [0.25, 0.3) is 11.0 Å². The summed E-state index contributed by atoms with van der Waals surface area (Å²) >= 11 is 0. The van der Waals surface area contributed by atoms with Gasteiger partial charge in [0.2, 0.25) is 0 Å². The van der Waals surface area contributed by atoms with Gasteiger partial charge in [0.15, 0.2) is 0 Å². The fourth-order valence-corrected chi connectivity index (χ4v) is 2.50. The molecule has 0 radical (unpaired) electrons. The molecular formula is C14H18ClNO. The highest BCUT2D eigenvalue weighted by atomic mass is 35.5. The number of hydrogen-bond acceptors (Lipinski definition) is 2. The Bertz CT molecular complexity index is 518. The van der Waals surface area contributed by atoms with Gasteiger partial charge in [0.25, 0.3) is 0 Å². The largest absolute Gasteiger partial charge is 0.461 e. The normalized spacial score (nSPS) is 15.1. The quantitative estimate of drug-likeness (QED) is 0.843. The van der Waals surface area contributed by atoms with Crippen molar-refractivity contribution in [2.24, 2.45) is 0 Å². The second kappa shape index (κ2) is 5.11. The number of hydrogen-bond donors (Lipinski definition) is 1. The molecule has 3 rings (SSSR count). The number of aryl methyl sites for hydroxylation is 1. The van der Waals surface area contributed by atoms with Gasteiger partial charge in [-0.25, -0.2) is 0 Å². The Morgan fingerprint density at radius 3 is 2.88 bits per heavy atom. The van der Waals surface area contributed by atoms with Crippen molar-refractivity contribution in [1.82, 2.24) is 5.32 Å². The first-order chi connectivity index (χ1) is 7.88. The van der Waals surface area contributed by atoms with Crippen molar-refractivity contribution in [2.45, 2.75) is 26.2 Å². The number of fused-ring (bicyclic) bond motifs is 3. The van der Waals surface area contributed by atoms with E-state index in [9.17, 15) is 0 Å². The standard InChI is InChI=1S/C14H17NO.ClH/c1-2-12-9-11-4-3-10-5-7-15-8-6-13(10)14(11)16-12;/h3-4,9,15H,2,5-8H2,1H3;1H. The van der Waals surface area contributed by atoms with Crippen LogP contribution in [0, 0.1) is 0 Å². The van der Waals surface area contributed by atoms with Gasteiger partial charge in [-0.2, -0.15) is 0 Å². The summed E-state index contributed by atoms with van der Waals surface area (Å²) in [5.74, 6) is 1.10. The molecule has 0 aliphatic carbocycles. The average molecular weight is 252 g/mol. The third-order valence-electron chi connectivity index (χ3n) is 3.41. The number of benzene rings is 1. The van der Waals surface area contributed by atoms with Gasteiger partial charge in [0.1, 0.15) is 11.3 Å². The molecule has 3 heteroatoms. The molecule has 1 N–H and O–H groups in total. The molecule has 2 heterocycles. The van der Waals surface area contributed by atoms with E-state index in [0.29, 0.717) is 0 Å². The van der Waals surface area contributed by atoms with Crippen LogP contribution in [0.5, 0.6) is 0 Å². The van der Waals surface area contributed by atoms with Crippen molar-refractivity contribution >= 4 is 23.4 Å². The highest BCUT2D eigenvalue weighted by Gasteiger charge is 2.14. The Morgan fingerprint density at radius 2 is 2.06 bits per heavy atom. The highest BCUT2D eigenvalue weighted by Crippen LogP contribution is 2.27. The fraction of sp³-hybridized carbons (Fsp3) is 0.429. The molecule has 0 saturated carbocycles. The predicted molar refractivity (Wildman–Crippen MR) is 73.1 cm³/mol. The number of furan rings is 1. The van der Waals surface area contributed by atoms with Gasteiger partial charge in [-0.05, 0) is 43.1 Å². The predicted octanol–water partition coefficient (Wildman–Crippen LogP) is 3.11. The molecule has 0 spiro atoms. The lowest BCUT2D eigenvalue weighted by molar-refractivity contribution is 0.553. The van der Waals surface area contributed by atoms with E-state index in [1.807, 2.05) is 0 Å². The summed E-state index contributed by atoms with van der Waals surface area (Å²) in [5, 5.41) is 4.70. The molecule has 17 heavy (non-hydrogen) atoms. The fourth-order valence-electron chi connectivity index (χ4n) is 2.50. The topological polar surface area (TPSA) is 25.2 Å². The number of halogens is 1. The first kappa shape index (κ1) is 12.5. The molecule has 1 aliphatic heterocycles. The van der Waals surface area contributed by atoms with Gasteiger partial charge in [0.05, 0.1) is 0 Å². The zero-order valence-electron chi connectivity index (χ0n) is 10.1. The van der Waals surface area contributed by atoms with Crippen LogP contribution in [0.15, 0.2) is 22.6 Å². The third kappa shape index (κ3) is 2.20. The summed E-state index contributed by atoms with van der Waals surface area (Å²) in [6, 6.07) is 6.63. The van der Waals surface area contributed by atoms with Crippen LogP contribution >= 0.6 is 12.4 Å². The van der Waals surface area contributed by atoms with Gasteiger partial charge in [-0.1, -0.05) is 19.1 Å². The smallest absolute Gasteiger partial charge is 0.137 e. The number of rotatable bonds is 1. The molecule has 92 valence electrons. The first-order valence-electron chi connectivity index (χ1n) is 6.12. The lowest BCUT2D eigenvalue weighted by Crippen LogP contribution is -2.16. The van der Waals surface area contributed by atoms with Crippen molar-refractivity contribution in [3.8, 4) is 0 Å². The minimum atomic E-state index is 0. The van der Waals surface area contributed by atoms with Gasteiger partial charge in [-0.15, -0.1) is 12.4 Å². The molecule has 0 amide bonds. The molecule has 0 atom stereocenters. The molecule has 1 aromatic heterocycles. The van der Waals surface area contributed by atoms with E-state index in [1.165, 1.54) is 16.5 Å². The third-order valence-corrected chi connectivity index (χ3v) is 3.41. The maximum Gasteiger partial charge on any atom is 0.137 e. The van der Waals surface area contributed by atoms with E-state index >= 15 is 0 Å². The van der Waals surface area contributed by atoms with Gasteiger partial charge >= 0.3 is 0 Å². The van der Waals surface area contributed by atoms with Crippen LogP contribution in [0.1, 0.15) is 23.8 Å². The van der Waals surface area contributed by atoms with E-state index in [-0.39, 0.29) is 12.4 Å². The molecule has 0 fully saturated rings. The van der Waals surface area contributed by atoms with Crippen molar-refractivity contribution in [2.75, 3.05) is 13.1 Å². The summed E-state index contributed by atoms with van der Waals surface area (Å²) in [4.78, 5) is 0. The minimum Gasteiger partial charge on any atom is -0.461 e. The van der Waals surface area contributed by atoms with Crippen LogP contribution in [-0.2, 0) is 19.3 Å². The van der Waals surface area contributed by atoms with E-state index in [1.54, 1.807) is 0 Å². The molecule has 1 aliphatic rings. The zero-order chi connectivity index (χ0) is 11.0. The lowest BCUT2D eigenvalue weighted by atomic mass is 10.0. The van der Waals surface area contributed by atoms with Crippen LogP contribution in [0.4, 0.5) is 0 Å². The molecule has 0 saturated heterocycles. The summed E-state index contributed by atoms with van der Waals surface area (Å²) in [6.45, 7) is 4.28. The molecule has 0 unspecified atom stereocenters. The maximum atomic E-state index is 5.94. The van der Waals surface area contributed by atoms with Crippen LogP contribution in [0.3, 0.4) is 0 Å². The summed E-state index contributed by atoms with van der Waals surface area (Å²) in [7, 11) is 0. The molecule has 2 aromatic rings. The van der Waals surface area contributed by atoms with E-state index in [4.69, 9.17) is 4.42 Å². The zero-order valence-corrected chi connectivity index (χ0v) is 10.9. The average Bonchev–Trinajstić information content (AvgIpc) is 2.59. The van der Waals surface area contributed by atoms with Crippen molar-refractivity contribution in [3.05, 3.63) is 35.1 Å². The Morgan fingerprint density at radius 1 is 1.24 bits per heavy atom. The van der Waals surface area contributed by atoms with Crippen LogP contribution < -0.4 is 5.32 Å². The Hall–Kier alpha value is -0.990. The lowest BCUT2D eigenvalue weighted by Gasteiger charge is -2.04. The summed E-state index contributed by atoms with van der Waals surface area (Å²) in [5.41, 5.74) is 4.00. The Balaban J connectivity index is 0.00000108. The Kier molecular flexibility index (Phi) is 3.75. The monoisotopic (exact) mass is 251 g/mol. The van der Waals surface area contributed by atoms with Crippen molar-refractivity contribution in [3.63, 3.8) is 0 Å². The maximum absolute atomic E-state index is 5.94. The van der Waals surface area contributed by atoms with E-state index in [0.717, 1.165) is 43.7 Å². The first-order valence-corrected chi connectivity index (χ1v) is 6.12. The molecule has 0 bridgehead atoms. The van der Waals surface area contributed by atoms with Crippen molar-refractivity contribution < 1.29 is 4.42 Å². The van der Waals surface area contributed by atoms with Gasteiger partial charge in [0, 0.05) is 11.8 Å². The van der Waals surface area contributed by atoms with Crippen LogP contribution in [-0.4, -0.2) is 13.1 Å². The number of nitrogens with one attached hydrogen (secondary N) is 1.